The lowest BCUT2D eigenvalue weighted by molar-refractivity contribution is -0.141. The predicted molar refractivity (Wildman–Crippen MR) is 70.0 cm³/mol. The second-order valence-corrected chi connectivity index (χ2v) is 6.34. The molecule has 1 heterocycles. The number of carbonyl (C=O) groups excluding carboxylic acids is 1. The number of rotatable bonds is 3. The van der Waals surface area contributed by atoms with Crippen LogP contribution in [0.3, 0.4) is 0 Å². The Labute approximate surface area is 123 Å². The largest absolute Gasteiger partial charge is 0.433 e. The third-order valence-electron chi connectivity index (χ3n) is 2.61. The summed E-state index contributed by atoms with van der Waals surface area (Å²) in [5, 5.41) is -0.853. The molecule has 0 radical (unpaired) electrons. The zero-order valence-corrected chi connectivity index (χ0v) is 11.9. The summed E-state index contributed by atoms with van der Waals surface area (Å²) in [6.07, 6.45) is -4.19. The van der Waals surface area contributed by atoms with Crippen LogP contribution in [0.4, 0.5) is 13.2 Å². The smallest absolute Gasteiger partial charge is 0.285 e. The van der Waals surface area contributed by atoms with Crippen molar-refractivity contribution >= 4 is 15.6 Å². The lowest BCUT2D eigenvalue weighted by Crippen LogP contribution is -2.17. The topological polar surface area (TPSA) is 77.0 Å². The Kier molecular flexibility index (Phi) is 4.01. The summed E-state index contributed by atoms with van der Waals surface area (Å²) in [6.45, 7) is 0. The van der Waals surface area contributed by atoms with Gasteiger partial charge in [-0.15, -0.1) is 0 Å². The summed E-state index contributed by atoms with van der Waals surface area (Å²) in [5.74, 6) is -1.71. The minimum atomic E-state index is -4.89. The van der Waals surface area contributed by atoms with Crippen molar-refractivity contribution in [3.05, 3.63) is 53.5 Å². The highest BCUT2D eigenvalue weighted by Crippen LogP contribution is 2.29. The maximum absolute atomic E-state index is 12.8. The van der Waals surface area contributed by atoms with Gasteiger partial charge in [0.2, 0.25) is 11.6 Å². The molecule has 0 unspecified atom stereocenters. The van der Waals surface area contributed by atoms with Crippen LogP contribution in [0.5, 0.6) is 0 Å². The van der Waals surface area contributed by atoms with E-state index in [4.69, 9.17) is 0 Å². The molecule has 22 heavy (non-hydrogen) atoms. The first-order valence-corrected chi connectivity index (χ1v) is 7.74. The van der Waals surface area contributed by atoms with Crippen LogP contribution in [-0.2, 0) is 16.0 Å². The quantitative estimate of drug-likeness (QED) is 0.636. The minimum absolute atomic E-state index is 0.0567. The summed E-state index contributed by atoms with van der Waals surface area (Å²) in [5.41, 5.74) is -1.43. The van der Waals surface area contributed by atoms with Crippen molar-refractivity contribution in [1.82, 2.24) is 9.97 Å². The number of hydrogen-bond acceptors (Lipinski definition) is 5. The van der Waals surface area contributed by atoms with Crippen molar-refractivity contribution in [3.8, 4) is 0 Å². The van der Waals surface area contributed by atoms with E-state index in [0.29, 0.717) is 12.3 Å². The first-order valence-electron chi connectivity index (χ1n) is 5.85. The van der Waals surface area contributed by atoms with E-state index in [9.17, 15) is 26.4 Å². The van der Waals surface area contributed by atoms with Crippen LogP contribution < -0.4 is 0 Å². The van der Waals surface area contributed by atoms with Gasteiger partial charge in [-0.1, -0.05) is 30.3 Å². The molecule has 9 heteroatoms. The van der Waals surface area contributed by atoms with Crippen LogP contribution in [-0.4, -0.2) is 30.4 Å². The van der Waals surface area contributed by atoms with Gasteiger partial charge in [-0.2, -0.15) is 13.2 Å². The number of nitrogens with zero attached hydrogens (tertiary/aromatic N) is 2. The molecule has 0 aliphatic rings. The number of hydrogen-bond donors (Lipinski definition) is 0. The molecule has 0 atom stereocenters. The van der Waals surface area contributed by atoms with Gasteiger partial charge < -0.3 is 0 Å². The van der Waals surface area contributed by atoms with Crippen molar-refractivity contribution in [1.29, 1.82) is 0 Å². The van der Waals surface area contributed by atoms with Gasteiger partial charge in [-0.25, -0.2) is 18.4 Å². The molecule has 1 aromatic carbocycles. The lowest BCUT2D eigenvalue weighted by Gasteiger charge is -2.09. The molecule has 0 amide bonds. The SMILES string of the molecule is CS(=O)(=O)c1cc(C(F)(F)F)nc(C(=O)c2ccccc2)n1. The number of carbonyl (C=O) groups is 1. The van der Waals surface area contributed by atoms with E-state index in [0.717, 1.165) is 0 Å². The lowest BCUT2D eigenvalue weighted by atomic mass is 10.1. The van der Waals surface area contributed by atoms with Crippen LogP contribution >= 0.6 is 0 Å². The monoisotopic (exact) mass is 330 g/mol. The fourth-order valence-corrected chi connectivity index (χ4v) is 2.16. The van der Waals surface area contributed by atoms with Gasteiger partial charge in [0, 0.05) is 17.9 Å². The van der Waals surface area contributed by atoms with Crippen molar-refractivity contribution in [2.45, 2.75) is 11.2 Å². The molecule has 0 fully saturated rings. The fraction of sp³-hybridized carbons (Fsp3) is 0.154. The molecule has 0 saturated carbocycles. The number of aromatic nitrogens is 2. The van der Waals surface area contributed by atoms with E-state index in [1.165, 1.54) is 24.3 Å². The molecule has 2 aromatic rings. The second kappa shape index (κ2) is 5.48. The molecule has 0 aliphatic carbocycles. The highest BCUT2D eigenvalue weighted by Gasteiger charge is 2.35. The van der Waals surface area contributed by atoms with Crippen molar-refractivity contribution in [2.24, 2.45) is 0 Å². The first kappa shape index (κ1) is 16.1. The van der Waals surface area contributed by atoms with Gasteiger partial charge in [-0.3, -0.25) is 4.79 Å². The third kappa shape index (κ3) is 3.48. The molecule has 1 aromatic heterocycles. The molecule has 2 rings (SSSR count). The van der Waals surface area contributed by atoms with Gasteiger partial charge in [0.05, 0.1) is 0 Å². The van der Waals surface area contributed by atoms with Gasteiger partial charge in [0.1, 0.15) is 5.69 Å². The minimum Gasteiger partial charge on any atom is -0.285 e. The van der Waals surface area contributed by atoms with Gasteiger partial charge >= 0.3 is 6.18 Å². The molecule has 0 spiro atoms. The second-order valence-electron chi connectivity index (χ2n) is 4.38. The van der Waals surface area contributed by atoms with E-state index in [1.54, 1.807) is 6.07 Å². The Balaban J connectivity index is 2.64. The highest BCUT2D eigenvalue weighted by atomic mass is 32.2. The average molecular weight is 330 g/mol. The number of sulfone groups is 1. The molecular weight excluding hydrogens is 321 g/mol. The van der Waals surface area contributed by atoms with Crippen LogP contribution in [0.25, 0.3) is 0 Å². The zero-order valence-electron chi connectivity index (χ0n) is 11.1. The maximum atomic E-state index is 12.8. The average Bonchev–Trinajstić information content (AvgIpc) is 2.45. The maximum Gasteiger partial charge on any atom is 0.433 e. The van der Waals surface area contributed by atoms with Crippen molar-refractivity contribution in [3.63, 3.8) is 0 Å². The fourth-order valence-electron chi connectivity index (χ4n) is 1.58. The molecule has 0 saturated heterocycles. The summed E-state index contributed by atoms with van der Waals surface area (Å²) < 4.78 is 61.3. The Bertz CT molecular complexity index is 818. The van der Waals surface area contributed by atoms with Crippen LogP contribution in [0.2, 0.25) is 0 Å². The van der Waals surface area contributed by atoms with Crippen LogP contribution in [0, 0.1) is 0 Å². The standard InChI is InChI=1S/C13H9F3N2O3S/c1-22(20,21)10-7-9(13(14,15)16)17-12(18-10)11(19)8-5-3-2-4-6-8/h2-7H,1H3. The summed E-state index contributed by atoms with van der Waals surface area (Å²) in [6, 6.07) is 7.68. The summed E-state index contributed by atoms with van der Waals surface area (Å²) in [7, 11) is -4.03. The third-order valence-corrected chi connectivity index (χ3v) is 3.58. The molecule has 0 bridgehead atoms. The van der Waals surface area contributed by atoms with E-state index < -0.39 is 38.3 Å². The number of ketones is 1. The summed E-state index contributed by atoms with van der Waals surface area (Å²) in [4.78, 5) is 18.7. The number of halogens is 3. The Morgan fingerprint density at radius 2 is 1.68 bits per heavy atom. The highest BCUT2D eigenvalue weighted by molar-refractivity contribution is 7.90. The van der Waals surface area contributed by atoms with Gasteiger partial charge in [0.25, 0.3) is 0 Å². The number of benzene rings is 1. The van der Waals surface area contributed by atoms with Crippen LogP contribution in [0.1, 0.15) is 21.9 Å². The zero-order chi connectivity index (χ0) is 16.5. The predicted octanol–water partition coefficient (Wildman–Crippen LogP) is 2.13. The molecule has 116 valence electrons. The van der Waals surface area contributed by atoms with E-state index in [2.05, 4.69) is 9.97 Å². The molecule has 0 aliphatic heterocycles. The molecule has 5 nitrogen and oxygen atoms in total. The van der Waals surface area contributed by atoms with E-state index in [1.807, 2.05) is 0 Å². The van der Waals surface area contributed by atoms with Gasteiger partial charge in [0.15, 0.2) is 14.9 Å². The van der Waals surface area contributed by atoms with Crippen molar-refractivity contribution < 1.29 is 26.4 Å². The Morgan fingerprint density at radius 1 is 1.09 bits per heavy atom. The van der Waals surface area contributed by atoms with Gasteiger partial charge in [-0.05, 0) is 0 Å². The van der Waals surface area contributed by atoms with Crippen molar-refractivity contribution in [2.75, 3.05) is 6.26 Å². The molecular formula is C13H9F3N2O3S. The number of alkyl halides is 3. The van der Waals surface area contributed by atoms with Crippen LogP contribution in [0.15, 0.2) is 41.4 Å². The van der Waals surface area contributed by atoms with E-state index in [-0.39, 0.29) is 5.56 Å². The van der Waals surface area contributed by atoms with E-state index >= 15 is 0 Å². The molecule has 0 N–H and O–H groups in total. The summed E-state index contributed by atoms with van der Waals surface area (Å²) >= 11 is 0. The Hall–Kier alpha value is -2.29. The first-order chi connectivity index (χ1) is 10.1. The Morgan fingerprint density at radius 3 is 2.18 bits per heavy atom. The normalized spacial score (nSPS) is 12.2.